The van der Waals surface area contributed by atoms with Crippen LogP contribution in [0.15, 0.2) is 71.6 Å². The molecule has 0 bridgehead atoms. The van der Waals surface area contributed by atoms with Gasteiger partial charge in [-0.1, -0.05) is 17.3 Å². The van der Waals surface area contributed by atoms with Crippen molar-refractivity contribution in [2.24, 2.45) is 0 Å². The lowest BCUT2D eigenvalue weighted by Gasteiger charge is -2.07. The Kier molecular flexibility index (Phi) is 7.24. The summed E-state index contributed by atoms with van der Waals surface area (Å²) < 4.78 is 50.6. The van der Waals surface area contributed by atoms with Crippen molar-refractivity contribution in [2.75, 3.05) is 11.9 Å². The van der Waals surface area contributed by atoms with Crippen LogP contribution in [0.4, 0.5) is 18.9 Å². The Morgan fingerprint density at radius 3 is 2.54 bits per heavy atom. The van der Waals surface area contributed by atoms with E-state index < -0.39 is 17.6 Å². The summed E-state index contributed by atoms with van der Waals surface area (Å²) in [6, 6.07) is 11.5. The lowest BCUT2D eigenvalue weighted by atomic mass is 10.1. The van der Waals surface area contributed by atoms with Crippen LogP contribution in [0.5, 0.6) is 5.75 Å². The summed E-state index contributed by atoms with van der Waals surface area (Å²) in [5.74, 6) is 0.341. The summed E-state index contributed by atoms with van der Waals surface area (Å²) in [7, 11) is 0. The number of nitrogens with zero attached hydrogens (tertiary/aromatic N) is 4. The minimum Gasteiger partial charge on any atom is -0.494 e. The maximum Gasteiger partial charge on any atom is 0.416 e. The van der Waals surface area contributed by atoms with E-state index in [1.54, 1.807) is 47.4 Å². The molecule has 11 heteroatoms. The van der Waals surface area contributed by atoms with Gasteiger partial charge in [-0.3, -0.25) is 9.48 Å². The van der Waals surface area contributed by atoms with E-state index in [-0.39, 0.29) is 11.6 Å². The Labute approximate surface area is 198 Å². The molecule has 0 fully saturated rings. The number of anilines is 1. The number of hydrogen-bond acceptors (Lipinski definition) is 6. The largest absolute Gasteiger partial charge is 0.494 e. The van der Waals surface area contributed by atoms with Gasteiger partial charge in [0.1, 0.15) is 12.0 Å². The first-order chi connectivity index (χ1) is 16.9. The molecule has 0 saturated carbocycles. The highest BCUT2D eigenvalue weighted by molar-refractivity contribution is 6.02. The third kappa shape index (κ3) is 6.79. The van der Waals surface area contributed by atoms with Gasteiger partial charge in [-0.15, -0.1) is 5.10 Å². The number of carbonyl (C=O) groups is 1. The second-order valence-electron chi connectivity index (χ2n) is 7.37. The van der Waals surface area contributed by atoms with Gasteiger partial charge in [0.05, 0.1) is 18.4 Å². The van der Waals surface area contributed by atoms with Gasteiger partial charge in [0.25, 0.3) is 5.91 Å². The Bertz CT molecular complexity index is 1270. The molecule has 180 valence electrons. The fraction of sp³-hybridized carbons (Fsp3) is 0.167. The van der Waals surface area contributed by atoms with Crippen LogP contribution in [-0.4, -0.2) is 32.5 Å². The van der Waals surface area contributed by atoms with Gasteiger partial charge >= 0.3 is 6.18 Å². The lowest BCUT2D eigenvalue weighted by molar-refractivity contribution is -0.137. The second-order valence-corrected chi connectivity index (χ2v) is 7.37. The van der Waals surface area contributed by atoms with E-state index in [0.29, 0.717) is 30.2 Å². The highest BCUT2D eigenvalue weighted by Gasteiger charge is 2.29. The van der Waals surface area contributed by atoms with E-state index in [1.165, 1.54) is 24.5 Å². The van der Waals surface area contributed by atoms with Crippen molar-refractivity contribution < 1.29 is 27.1 Å². The predicted molar refractivity (Wildman–Crippen MR) is 121 cm³/mol. The molecule has 1 amide bonds. The standard InChI is InChI=1S/C24H20F3N5O3/c25-24(26,27)18-5-2-17(3-6-18)4-11-22-30-21(16-35-22)23(33)29-19-7-9-20(10-8-19)34-15-1-13-32-14-12-28-31-32/h2-12,14,16H,1,13,15H2,(H,29,33). The van der Waals surface area contributed by atoms with E-state index >= 15 is 0 Å². The molecule has 0 aliphatic heterocycles. The number of carbonyl (C=O) groups excluding carboxylic acids is 1. The fourth-order valence-electron chi connectivity index (χ4n) is 3.02. The minimum atomic E-state index is -4.39. The van der Waals surface area contributed by atoms with Gasteiger partial charge in [0, 0.05) is 30.9 Å². The van der Waals surface area contributed by atoms with Crippen LogP contribution >= 0.6 is 0 Å². The van der Waals surface area contributed by atoms with Gasteiger partial charge < -0.3 is 14.5 Å². The average Bonchev–Trinajstić information content (AvgIpc) is 3.54. The van der Waals surface area contributed by atoms with Crippen LogP contribution in [0.2, 0.25) is 0 Å². The highest BCUT2D eigenvalue weighted by Crippen LogP contribution is 2.29. The number of aromatic nitrogens is 4. The molecule has 0 aliphatic rings. The summed E-state index contributed by atoms with van der Waals surface area (Å²) in [6.07, 6.45) is 3.99. The number of aryl methyl sites for hydroxylation is 1. The third-order valence-electron chi connectivity index (χ3n) is 4.80. The Morgan fingerprint density at radius 2 is 1.86 bits per heavy atom. The molecule has 2 aromatic carbocycles. The van der Waals surface area contributed by atoms with Crippen molar-refractivity contribution in [3.05, 3.63) is 89.9 Å². The molecule has 2 aromatic heterocycles. The van der Waals surface area contributed by atoms with Crippen LogP contribution < -0.4 is 10.1 Å². The smallest absolute Gasteiger partial charge is 0.416 e. The molecule has 0 saturated heterocycles. The summed E-state index contributed by atoms with van der Waals surface area (Å²) in [5, 5.41) is 10.3. The second kappa shape index (κ2) is 10.7. The van der Waals surface area contributed by atoms with Crippen molar-refractivity contribution in [1.29, 1.82) is 0 Å². The Balaban J connectivity index is 1.26. The molecular formula is C24H20F3N5O3. The first kappa shape index (κ1) is 23.7. The zero-order chi connectivity index (χ0) is 24.7. The Hall–Kier alpha value is -4.41. The van der Waals surface area contributed by atoms with Crippen molar-refractivity contribution in [3.8, 4) is 5.75 Å². The highest BCUT2D eigenvalue weighted by atomic mass is 19.4. The van der Waals surface area contributed by atoms with E-state index in [2.05, 4.69) is 20.6 Å². The average molecular weight is 483 g/mol. The molecule has 0 radical (unpaired) electrons. The maximum absolute atomic E-state index is 12.6. The minimum absolute atomic E-state index is 0.0607. The lowest BCUT2D eigenvalue weighted by Crippen LogP contribution is -2.12. The van der Waals surface area contributed by atoms with Crippen LogP contribution in [-0.2, 0) is 12.7 Å². The van der Waals surface area contributed by atoms with E-state index in [1.807, 2.05) is 0 Å². The molecule has 0 aliphatic carbocycles. The molecule has 4 rings (SSSR count). The molecule has 0 unspecified atom stereocenters. The summed E-state index contributed by atoms with van der Waals surface area (Å²) in [6.45, 7) is 1.21. The molecule has 35 heavy (non-hydrogen) atoms. The van der Waals surface area contributed by atoms with E-state index in [4.69, 9.17) is 9.15 Å². The van der Waals surface area contributed by atoms with Gasteiger partial charge in [0.2, 0.25) is 5.89 Å². The van der Waals surface area contributed by atoms with E-state index in [0.717, 1.165) is 18.6 Å². The zero-order valence-electron chi connectivity index (χ0n) is 18.3. The molecule has 0 atom stereocenters. The summed E-state index contributed by atoms with van der Waals surface area (Å²) >= 11 is 0. The van der Waals surface area contributed by atoms with Crippen LogP contribution in [0.1, 0.15) is 33.9 Å². The third-order valence-corrected chi connectivity index (χ3v) is 4.80. The van der Waals surface area contributed by atoms with Crippen LogP contribution in [0.25, 0.3) is 12.2 Å². The first-order valence-electron chi connectivity index (χ1n) is 10.6. The molecule has 0 spiro atoms. The van der Waals surface area contributed by atoms with Gasteiger partial charge in [-0.2, -0.15) is 13.2 Å². The van der Waals surface area contributed by atoms with Crippen molar-refractivity contribution in [2.45, 2.75) is 19.1 Å². The maximum atomic E-state index is 12.6. The van der Waals surface area contributed by atoms with Gasteiger partial charge in [-0.25, -0.2) is 4.98 Å². The first-order valence-corrected chi connectivity index (χ1v) is 10.6. The number of benzene rings is 2. The van der Waals surface area contributed by atoms with Gasteiger partial charge in [-0.05, 0) is 48.0 Å². The summed E-state index contributed by atoms with van der Waals surface area (Å²) in [4.78, 5) is 16.5. The number of ether oxygens (including phenoxy) is 1. The van der Waals surface area contributed by atoms with Crippen LogP contribution in [0, 0.1) is 0 Å². The van der Waals surface area contributed by atoms with Crippen molar-refractivity contribution >= 4 is 23.7 Å². The zero-order valence-corrected chi connectivity index (χ0v) is 18.3. The topological polar surface area (TPSA) is 95.1 Å². The normalized spacial score (nSPS) is 11.6. The molecule has 8 nitrogen and oxygen atoms in total. The molecule has 2 heterocycles. The molecular weight excluding hydrogens is 463 g/mol. The van der Waals surface area contributed by atoms with Crippen LogP contribution in [0.3, 0.4) is 0 Å². The molecule has 4 aromatic rings. The SMILES string of the molecule is O=C(Nc1ccc(OCCCn2ccnn2)cc1)c1coc(C=Cc2ccc(C(F)(F)F)cc2)n1. The number of nitrogens with one attached hydrogen (secondary N) is 1. The number of hydrogen-bond donors (Lipinski definition) is 1. The number of alkyl halides is 3. The predicted octanol–water partition coefficient (Wildman–Crippen LogP) is 5.18. The molecule has 1 N–H and O–H groups in total. The summed E-state index contributed by atoms with van der Waals surface area (Å²) in [5.41, 5.74) is 0.413. The monoisotopic (exact) mass is 483 g/mol. The number of amides is 1. The fourth-order valence-corrected chi connectivity index (χ4v) is 3.02. The quantitative estimate of drug-likeness (QED) is 0.330. The van der Waals surface area contributed by atoms with Gasteiger partial charge in [0.15, 0.2) is 5.69 Å². The van der Waals surface area contributed by atoms with Crippen molar-refractivity contribution in [3.63, 3.8) is 0 Å². The van der Waals surface area contributed by atoms with E-state index in [9.17, 15) is 18.0 Å². The van der Waals surface area contributed by atoms with Crippen molar-refractivity contribution in [1.82, 2.24) is 20.0 Å². The number of rotatable bonds is 9. The number of oxazole rings is 1. The number of halogens is 3. The Morgan fingerprint density at radius 1 is 1.09 bits per heavy atom.